The highest BCUT2D eigenvalue weighted by atomic mass is 32.2. The Hall–Kier alpha value is -0.700. The maximum absolute atomic E-state index is 12.0. The number of carbonyl (C=O) groups is 1. The van der Waals surface area contributed by atoms with Gasteiger partial charge in [0, 0.05) is 17.8 Å². The van der Waals surface area contributed by atoms with E-state index in [1.807, 2.05) is 13.8 Å². The second-order valence-electron chi connectivity index (χ2n) is 8.30. The summed E-state index contributed by atoms with van der Waals surface area (Å²) in [5.41, 5.74) is -1.03. The third-order valence-electron chi connectivity index (χ3n) is 6.77. The zero-order valence-electron chi connectivity index (χ0n) is 15.4. The maximum atomic E-state index is 12.0. The molecule has 7 nitrogen and oxygen atoms in total. The molecule has 3 fully saturated rings. The number of epoxide rings is 1. The fraction of sp³-hybridized carbons (Fsp3) is 0.941. The van der Waals surface area contributed by atoms with Crippen molar-refractivity contribution in [2.45, 2.75) is 63.9 Å². The number of fused-ring (bicyclic) bond motifs is 3. The molecule has 1 aliphatic heterocycles. The van der Waals surface area contributed by atoms with Crippen LogP contribution in [0.15, 0.2) is 0 Å². The lowest BCUT2D eigenvalue weighted by Gasteiger charge is -2.55. The van der Waals surface area contributed by atoms with Crippen molar-refractivity contribution in [2.75, 3.05) is 13.4 Å². The van der Waals surface area contributed by atoms with E-state index in [1.54, 1.807) is 6.92 Å². The van der Waals surface area contributed by atoms with Crippen LogP contribution in [0.4, 0.5) is 0 Å². The molecule has 0 aromatic heterocycles. The largest absolute Gasteiger partial charge is 0.469 e. The average molecular weight is 376 g/mol. The van der Waals surface area contributed by atoms with Crippen molar-refractivity contribution in [3.8, 4) is 0 Å². The van der Waals surface area contributed by atoms with Crippen molar-refractivity contribution in [3.05, 3.63) is 0 Å². The monoisotopic (exact) mass is 376 g/mol. The number of rotatable bonds is 4. The van der Waals surface area contributed by atoms with Crippen molar-refractivity contribution in [3.63, 3.8) is 0 Å². The number of carbonyl (C=O) groups excluding carboxylic acids is 1. The number of aliphatic hydroxyl groups is 1. The van der Waals surface area contributed by atoms with Crippen LogP contribution in [0.5, 0.6) is 0 Å². The van der Waals surface area contributed by atoms with E-state index in [-0.39, 0.29) is 23.9 Å². The van der Waals surface area contributed by atoms with Crippen LogP contribution in [0, 0.1) is 23.2 Å². The Morgan fingerprint density at radius 1 is 1.36 bits per heavy atom. The van der Waals surface area contributed by atoms with Gasteiger partial charge in [-0.1, -0.05) is 13.8 Å². The summed E-state index contributed by atoms with van der Waals surface area (Å²) in [5.74, 6) is -1.31. The number of methoxy groups -OCH3 is 1. The Labute approximate surface area is 149 Å². The van der Waals surface area contributed by atoms with Gasteiger partial charge in [0.1, 0.15) is 0 Å². The molecule has 8 atom stereocenters. The Kier molecular flexibility index (Phi) is 4.50. The van der Waals surface area contributed by atoms with E-state index in [0.717, 1.165) is 6.26 Å². The Morgan fingerprint density at radius 2 is 2.00 bits per heavy atom. The summed E-state index contributed by atoms with van der Waals surface area (Å²) < 4.78 is 39.5. The summed E-state index contributed by atoms with van der Waals surface area (Å²) in [6, 6.07) is 0. The van der Waals surface area contributed by atoms with Crippen molar-refractivity contribution in [1.29, 1.82) is 0 Å². The smallest absolute Gasteiger partial charge is 0.308 e. The molecular weight excluding hydrogens is 348 g/mol. The van der Waals surface area contributed by atoms with Gasteiger partial charge < -0.3 is 14.6 Å². The molecule has 0 amide bonds. The molecule has 2 saturated carbocycles. The first-order valence-electron chi connectivity index (χ1n) is 8.76. The van der Waals surface area contributed by atoms with Crippen LogP contribution in [0.1, 0.15) is 40.0 Å². The fourth-order valence-corrected chi connectivity index (χ4v) is 6.08. The van der Waals surface area contributed by atoms with Crippen LogP contribution < -0.4 is 0 Å². The lowest BCUT2D eigenvalue weighted by molar-refractivity contribution is -0.164. The molecule has 1 heterocycles. The molecule has 25 heavy (non-hydrogen) atoms. The summed E-state index contributed by atoms with van der Waals surface area (Å²) in [7, 11) is -2.27. The highest BCUT2D eigenvalue weighted by molar-refractivity contribution is 7.86. The van der Waals surface area contributed by atoms with Crippen molar-refractivity contribution >= 4 is 16.1 Å². The molecule has 1 N–H and O–H groups in total. The number of hydrogen-bond acceptors (Lipinski definition) is 7. The Morgan fingerprint density at radius 3 is 2.56 bits per heavy atom. The van der Waals surface area contributed by atoms with E-state index in [1.165, 1.54) is 7.11 Å². The fourth-order valence-electron chi connectivity index (χ4n) is 5.35. The molecule has 3 rings (SSSR count). The first-order valence-corrected chi connectivity index (χ1v) is 10.6. The van der Waals surface area contributed by atoms with E-state index in [4.69, 9.17) is 13.7 Å². The van der Waals surface area contributed by atoms with Gasteiger partial charge in [-0.15, -0.1) is 0 Å². The first kappa shape index (κ1) is 19.1. The third kappa shape index (κ3) is 3.01. The number of esters is 1. The summed E-state index contributed by atoms with van der Waals surface area (Å²) >= 11 is 0. The molecular formula is C17H28O7S. The van der Waals surface area contributed by atoms with Gasteiger partial charge in [-0.2, -0.15) is 8.42 Å². The lowest BCUT2D eigenvalue weighted by Crippen LogP contribution is -2.61. The minimum atomic E-state index is -3.61. The van der Waals surface area contributed by atoms with Crippen LogP contribution in [0.3, 0.4) is 0 Å². The van der Waals surface area contributed by atoms with Crippen LogP contribution in [0.25, 0.3) is 0 Å². The topological polar surface area (TPSA) is 102 Å². The SMILES string of the molecule is COC(=O)[C@@H](C)[C@@H]1CC[C@]2(C)[C@@H]([C@H]1O)[C@]1(C)O[C@@H]1C[C@H]2OS(C)(=O)=O. The summed E-state index contributed by atoms with van der Waals surface area (Å²) in [6.07, 6.45) is 1.38. The quantitative estimate of drug-likeness (QED) is 0.445. The van der Waals surface area contributed by atoms with Gasteiger partial charge in [-0.25, -0.2) is 0 Å². The van der Waals surface area contributed by atoms with E-state index in [0.29, 0.717) is 19.3 Å². The average Bonchev–Trinajstić information content (AvgIpc) is 3.15. The predicted molar refractivity (Wildman–Crippen MR) is 89.1 cm³/mol. The number of hydrogen-bond donors (Lipinski definition) is 1. The molecule has 0 spiro atoms. The van der Waals surface area contributed by atoms with E-state index in [2.05, 4.69) is 0 Å². The van der Waals surface area contributed by atoms with Crippen molar-refractivity contribution < 1.29 is 32.0 Å². The summed E-state index contributed by atoms with van der Waals surface area (Å²) in [6.45, 7) is 5.70. The van der Waals surface area contributed by atoms with E-state index in [9.17, 15) is 18.3 Å². The second kappa shape index (κ2) is 5.90. The van der Waals surface area contributed by atoms with Crippen molar-refractivity contribution in [2.24, 2.45) is 23.2 Å². The highest BCUT2D eigenvalue weighted by Crippen LogP contribution is 2.64. The molecule has 0 unspecified atom stereocenters. The molecule has 2 aliphatic carbocycles. The van der Waals surface area contributed by atoms with Gasteiger partial charge in [-0.05, 0) is 25.7 Å². The first-order chi connectivity index (χ1) is 11.4. The van der Waals surface area contributed by atoms with Crippen LogP contribution in [0.2, 0.25) is 0 Å². The van der Waals surface area contributed by atoms with Crippen LogP contribution in [-0.4, -0.2) is 56.8 Å². The van der Waals surface area contributed by atoms with Gasteiger partial charge in [0.05, 0.1) is 43.2 Å². The molecule has 0 aromatic rings. The highest BCUT2D eigenvalue weighted by Gasteiger charge is 2.72. The van der Waals surface area contributed by atoms with E-state index < -0.39 is 39.3 Å². The minimum Gasteiger partial charge on any atom is -0.469 e. The maximum Gasteiger partial charge on any atom is 0.308 e. The normalized spacial score (nSPS) is 47.4. The van der Waals surface area contributed by atoms with Crippen molar-refractivity contribution in [1.82, 2.24) is 0 Å². The molecule has 1 saturated heterocycles. The Bertz CT molecular complexity index is 662. The Balaban J connectivity index is 1.92. The van der Waals surface area contributed by atoms with Crippen LogP contribution in [-0.2, 0) is 28.6 Å². The predicted octanol–water partition coefficient (Wildman–Crippen LogP) is 1.09. The van der Waals surface area contributed by atoms with Gasteiger partial charge >= 0.3 is 5.97 Å². The summed E-state index contributed by atoms with van der Waals surface area (Å²) in [5, 5.41) is 11.1. The molecule has 3 aliphatic rings. The van der Waals surface area contributed by atoms with E-state index >= 15 is 0 Å². The van der Waals surface area contributed by atoms with Gasteiger partial charge in [0.25, 0.3) is 10.1 Å². The minimum absolute atomic E-state index is 0.126. The van der Waals surface area contributed by atoms with Crippen LogP contribution >= 0.6 is 0 Å². The number of aliphatic hydroxyl groups excluding tert-OH is 1. The lowest BCUT2D eigenvalue weighted by atomic mass is 9.51. The molecule has 0 bridgehead atoms. The molecule has 0 radical (unpaired) electrons. The zero-order valence-corrected chi connectivity index (χ0v) is 16.2. The molecule has 8 heteroatoms. The molecule has 144 valence electrons. The van der Waals surface area contributed by atoms with Gasteiger partial charge in [0.15, 0.2) is 0 Å². The van der Waals surface area contributed by atoms with Gasteiger partial charge in [0.2, 0.25) is 0 Å². The second-order valence-corrected chi connectivity index (χ2v) is 9.90. The standard InChI is InChI=1S/C17H28O7S/c1-9(15(19)22-4)10-6-7-16(2)11(24-25(5,20)21)8-12-17(3,23-12)14(16)13(10)18/h9-14,18H,6-8H2,1-5H3/t9-,10-,11+,12+,13-,14+,16-,17+/m0/s1. The number of ether oxygens (including phenoxy) is 2. The third-order valence-corrected chi connectivity index (χ3v) is 7.35. The van der Waals surface area contributed by atoms with Gasteiger partial charge in [-0.3, -0.25) is 8.98 Å². The zero-order chi connectivity index (χ0) is 18.8. The summed E-state index contributed by atoms with van der Waals surface area (Å²) in [4.78, 5) is 12.0. The molecule has 0 aromatic carbocycles.